The lowest BCUT2D eigenvalue weighted by Gasteiger charge is -2.37. The van der Waals surface area contributed by atoms with Crippen LogP contribution in [0.4, 0.5) is 4.39 Å². The molecule has 1 saturated heterocycles. The molecule has 1 heterocycles. The summed E-state index contributed by atoms with van der Waals surface area (Å²) >= 11 is 0. The first-order chi connectivity index (χ1) is 10.7. The Kier molecular flexibility index (Phi) is 7.30. The average molecular weight is 307 g/mol. The molecule has 3 nitrogen and oxygen atoms in total. The second kappa shape index (κ2) is 9.23. The van der Waals surface area contributed by atoms with Gasteiger partial charge in [-0.05, 0) is 43.6 Å². The Labute approximate surface area is 134 Å². The Hall–Kier alpha value is -0.970. The topological polar surface area (TPSA) is 18.5 Å². The van der Waals surface area contributed by atoms with E-state index >= 15 is 0 Å². The summed E-state index contributed by atoms with van der Waals surface area (Å²) < 4.78 is 13.3. The molecule has 1 aromatic carbocycles. The molecule has 1 unspecified atom stereocenters. The maximum atomic E-state index is 13.3. The SMILES string of the molecule is CCCN(CCC)C(CN1CCNCC1)c1ccc(F)cc1. The molecule has 0 bridgehead atoms. The van der Waals surface area contributed by atoms with E-state index in [0.29, 0.717) is 6.04 Å². The predicted molar refractivity (Wildman–Crippen MR) is 90.6 cm³/mol. The standard InChI is InChI=1S/C18H30FN3/c1-3-11-22(12-4-2)18(15-21-13-9-20-10-14-21)16-5-7-17(19)8-6-16/h5-8,18,20H,3-4,9-15H2,1-2H3. The van der Waals surface area contributed by atoms with Crippen LogP contribution in [0.5, 0.6) is 0 Å². The Morgan fingerprint density at radius 3 is 2.23 bits per heavy atom. The molecule has 1 atom stereocenters. The van der Waals surface area contributed by atoms with Gasteiger partial charge < -0.3 is 5.32 Å². The number of hydrogen-bond acceptors (Lipinski definition) is 3. The Balaban J connectivity index is 2.15. The maximum Gasteiger partial charge on any atom is 0.123 e. The van der Waals surface area contributed by atoms with Crippen LogP contribution in [-0.2, 0) is 0 Å². The van der Waals surface area contributed by atoms with Gasteiger partial charge in [-0.15, -0.1) is 0 Å². The minimum absolute atomic E-state index is 0.151. The molecule has 2 rings (SSSR count). The van der Waals surface area contributed by atoms with Gasteiger partial charge in [-0.25, -0.2) is 4.39 Å². The summed E-state index contributed by atoms with van der Waals surface area (Å²) in [5.41, 5.74) is 1.24. The summed E-state index contributed by atoms with van der Waals surface area (Å²) in [6.45, 7) is 12.0. The predicted octanol–water partition coefficient (Wildman–Crippen LogP) is 2.89. The van der Waals surface area contributed by atoms with Crippen LogP contribution in [0.25, 0.3) is 0 Å². The third-order valence-corrected chi connectivity index (χ3v) is 4.36. The molecule has 0 radical (unpaired) electrons. The van der Waals surface area contributed by atoms with E-state index in [4.69, 9.17) is 0 Å². The third kappa shape index (κ3) is 5.04. The van der Waals surface area contributed by atoms with Crippen molar-refractivity contribution in [2.75, 3.05) is 45.8 Å². The number of piperazine rings is 1. The Bertz CT molecular complexity index is 409. The lowest BCUT2D eigenvalue weighted by molar-refractivity contribution is 0.129. The van der Waals surface area contributed by atoms with Gasteiger partial charge in [0.1, 0.15) is 5.82 Å². The van der Waals surface area contributed by atoms with E-state index in [0.717, 1.165) is 58.7 Å². The van der Waals surface area contributed by atoms with Crippen LogP contribution in [0.1, 0.15) is 38.3 Å². The fraction of sp³-hybridized carbons (Fsp3) is 0.667. The summed E-state index contributed by atoms with van der Waals surface area (Å²) in [6, 6.07) is 7.46. The van der Waals surface area contributed by atoms with Gasteiger partial charge in [0, 0.05) is 38.8 Å². The molecule has 0 aliphatic carbocycles. The highest BCUT2D eigenvalue weighted by Crippen LogP contribution is 2.23. The zero-order valence-corrected chi connectivity index (χ0v) is 14.0. The number of rotatable bonds is 8. The van der Waals surface area contributed by atoms with E-state index < -0.39 is 0 Å². The van der Waals surface area contributed by atoms with Gasteiger partial charge >= 0.3 is 0 Å². The van der Waals surface area contributed by atoms with E-state index in [9.17, 15) is 4.39 Å². The van der Waals surface area contributed by atoms with Crippen molar-refractivity contribution < 1.29 is 4.39 Å². The fourth-order valence-electron chi connectivity index (χ4n) is 3.25. The van der Waals surface area contributed by atoms with Crippen LogP contribution in [0, 0.1) is 5.82 Å². The molecule has 0 aromatic heterocycles. The summed E-state index contributed by atoms with van der Waals surface area (Å²) in [6.07, 6.45) is 2.30. The zero-order chi connectivity index (χ0) is 15.8. The second-order valence-electron chi connectivity index (χ2n) is 6.15. The van der Waals surface area contributed by atoms with E-state index in [1.54, 1.807) is 12.1 Å². The number of halogens is 1. The molecule has 0 spiro atoms. The highest BCUT2D eigenvalue weighted by Gasteiger charge is 2.23. The van der Waals surface area contributed by atoms with Crippen LogP contribution >= 0.6 is 0 Å². The third-order valence-electron chi connectivity index (χ3n) is 4.36. The summed E-state index contributed by atoms with van der Waals surface area (Å²) in [4.78, 5) is 5.10. The first-order valence-electron chi connectivity index (χ1n) is 8.67. The summed E-state index contributed by atoms with van der Waals surface area (Å²) in [5.74, 6) is -0.151. The fourth-order valence-corrected chi connectivity index (χ4v) is 3.25. The average Bonchev–Trinajstić information content (AvgIpc) is 2.54. The normalized spacial score (nSPS) is 17.8. The maximum absolute atomic E-state index is 13.3. The first-order valence-corrected chi connectivity index (χ1v) is 8.67. The minimum atomic E-state index is -0.151. The van der Waals surface area contributed by atoms with E-state index in [-0.39, 0.29) is 5.82 Å². The van der Waals surface area contributed by atoms with Gasteiger partial charge in [0.05, 0.1) is 0 Å². The molecule has 0 saturated carbocycles. The summed E-state index contributed by atoms with van der Waals surface area (Å²) in [5, 5.41) is 3.41. The van der Waals surface area contributed by atoms with Gasteiger partial charge in [0.25, 0.3) is 0 Å². The van der Waals surface area contributed by atoms with Gasteiger partial charge in [-0.2, -0.15) is 0 Å². The number of nitrogens with one attached hydrogen (secondary N) is 1. The van der Waals surface area contributed by atoms with Gasteiger partial charge in [0.2, 0.25) is 0 Å². The Morgan fingerprint density at radius 1 is 1.09 bits per heavy atom. The van der Waals surface area contributed by atoms with E-state index in [1.165, 1.54) is 5.56 Å². The molecule has 1 aromatic rings. The van der Waals surface area contributed by atoms with E-state index in [1.807, 2.05) is 12.1 Å². The van der Waals surface area contributed by atoms with Crippen LogP contribution < -0.4 is 5.32 Å². The molecular weight excluding hydrogens is 277 g/mol. The van der Waals surface area contributed by atoms with Gasteiger partial charge in [-0.1, -0.05) is 26.0 Å². The van der Waals surface area contributed by atoms with Gasteiger partial charge in [0.15, 0.2) is 0 Å². The van der Waals surface area contributed by atoms with Crippen molar-refractivity contribution in [3.8, 4) is 0 Å². The van der Waals surface area contributed by atoms with Crippen molar-refractivity contribution in [3.05, 3.63) is 35.6 Å². The van der Waals surface area contributed by atoms with Crippen LogP contribution in [-0.4, -0.2) is 55.6 Å². The van der Waals surface area contributed by atoms with Crippen molar-refractivity contribution in [2.45, 2.75) is 32.7 Å². The first kappa shape index (κ1) is 17.4. The molecule has 1 aliphatic rings. The van der Waals surface area contributed by atoms with Crippen LogP contribution in [0.2, 0.25) is 0 Å². The van der Waals surface area contributed by atoms with Crippen LogP contribution in [0.3, 0.4) is 0 Å². The number of hydrogen-bond donors (Lipinski definition) is 1. The zero-order valence-electron chi connectivity index (χ0n) is 14.0. The highest BCUT2D eigenvalue weighted by molar-refractivity contribution is 5.20. The minimum Gasteiger partial charge on any atom is -0.314 e. The smallest absolute Gasteiger partial charge is 0.123 e. The molecular formula is C18H30FN3. The Morgan fingerprint density at radius 2 is 1.68 bits per heavy atom. The number of benzene rings is 1. The van der Waals surface area contributed by atoms with E-state index in [2.05, 4.69) is 29.0 Å². The molecule has 1 fully saturated rings. The van der Waals surface area contributed by atoms with Crippen molar-refractivity contribution in [2.24, 2.45) is 0 Å². The van der Waals surface area contributed by atoms with Crippen molar-refractivity contribution in [3.63, 3.8) is 0 Å². The lowest BCUT2D eigenvalue weighted by atomic mass is 10.0. The molecule has 124 valence electrons. The quantitative estimate of drug-likeness (QED) is 0.797. The van der Waals surface area contributed by atoms with Gasteiger partial charge in [-0.3, -0.25) is 9.80 Å². The van der Waals surface area contributed by atoms with Crippen molar-refractivity contribution in [1.29, 1.82) is 0 Å². The molecule has 4 heteroatoms. The highest BCUT2D eigenvalue weighted by atomic mass is 19.1. The lowest BCUT2D eigenvalue weighted by Crippen LogP contribution is -2.47. The van der Waals surface area contributed by atoms with Crippen LogP contribution in [0.15, 0.2) is 24.3 Å². The largest absolute Gasteiger partial charge is 0.314 e. The number of nitrogens with zero attached hydrogens (tertiary/aromatic N) is 2. The second-order valence-corrected chi connectivity index (χ2v) is 6.15. The monoisotopic (exact) mass is 307 g/mol. The van der Waals surface area contributed by atoms with Crippen molar-refractivity contribution in [1.82, 2.24) is 15.1 Å². The molecule has 0 amide bonds. The molecule has 1 aliphatic heterocycles. The van der Waals surface area contributed by atoms with Crippen molar-refractivity contribution >= 4 is 0 Å². The summed E-state index contributed by atoms with van der Waals surface area (Å²) in [7, 11) is 0. The molecule has 22 heavy (non-hydrogen) atoms. The molecule has 1 N–H and O–H groups in total.